The maximum Gasteiger partial charge on any atom is 0.148 e. The number of aliphatic hydroxyl groups is 1. The van der Waals surface area contributed by atoms with Crippen molar-refractivity contribution in [3.8, 4) is 0 Å². The van der Waals surface area contributed by atoms with Crippen molar-refractivity contribution in [1.82, 2.24) is 0 Å². The third-order valence-corrected chi connectivity index (χ3v) is 3.27. The van der Waals surface area contributed by atoms with Crippen LogP contribution in [0.5, 0.6) is 0 Å². The average Bonchev–Trinajstić information content (AvgIpc) is 2.74. The molecular formula is C10H12O3. The summed E-state index contributed by atoms with van der Waals surface area (Å²) in [5.41, 5.74) is 0. The third kappa shape index (κ3) is 1.15. The van der Waals surface area contributed by atoms with Gasteiger partial charge in [-0.3, -0.25) is 0 Å². The molecule has 0 heterocycles. The van der Waals surface area contributed by atoms with Crippen molar-refractivity contribution in [3.63, 3.8) is 0 Å². The zero-order valence-corrected chi connectivity index (χ0v) is 7.17. The quantitative estimate of drug-likeness (QED) is 0.498. The average molecular weight is 180 g/mol. The fourth-order valence-electron chi connectivity index (χ4n) is 2.66. The van der Waals surface area contributed by atoms with E-state index < -0.39 is 6.10 Å². The Morgan fingerprint density at radius 3 is 2.62 bits per heavy atom. The van der Waals surface area contributed by atoms with E-state index in [0.29, 0.717) is 6.29 Å². The molecule has 0 aromatic heterocycles. The first kappa shape index (κ1) is 8.63. The maximum atomic E-state index is 10.8. The molecule has 0 radical (unpaired) electrons. The molecule has 0 aromatic carbocycles. The molecule has 1 N–H and O–H groups in total. The van der Waals surface area contributed by atoms with Crippen molar-refractivity contribution < 1.29 is 14.7 Å². The predicted molar refractivity (Wildman–Crippen MR) is 45.9 cm³/mol. The molecule has 0 spiro atoms. The van der Waals surface area contributed by atoms with Gasteiger partial charge in [0.05, 0.1) is 0 Å². The number of fused-ring (bicyclic) bond motifs is 2. The molecule has 2 bridgehead atoms. The summed E-state index contributed by atoms with van der Waals surface area (Å²) in [6.45, 7) is 0. The Balaban J connectivity index is 2.22. The van der Waals surface area contributed by atoms with Crippen LogP contribution in [0.2, 0.25) is 0 Å². The minimum atomic E-state index is -0.977. The first-order chi connectivity index (χ1) is 6.27. The van der Waals surface area contributed by atoms with Crippen molar-refractivity contribution in [2.75, 3.05) is 0 Å². The van der Waals surface area contributed by atoms with E-state index in [0.717, 1.165) is 12.7 Å². The molecule has 0 saturated heterocycles. The molecule has 0 aliphatic heterocycles. The molecule has 2 rings (SSSR count). The van der Waals surface area contributed by atoms with Crippen molar-refractivity contribution in [2.24, 2.45) is 23.7 Å². The lowest BCUT2D eigenvalue weighted by molar-refractivity contribution is -0.121. The van der Waals surface area contributed by atoms with Gasteiger partial charge in [0.1, 0.15) is 18.7 Å². The second-order valence-corrected chi connectivity index (χ2v) is 3.87. The molecule has 0 unspecified atom stereocenters. The zero-order chi connectivity index (χ0) is 9.42. The molecule has 0 amide bonds. The normalized spacial score (nSPS) is 43.5. The van der Waals surface area contributed by atoms with Crippen LogP contribution in [0.15, 0.2) is 12.2 Å². The van der Waals surface area contributed by atoms with Crippen molar-refractivity contribution >= 4 is 12.6 Å². The maximum absolute atomic E-state index is 10.8. The second-order valence-electron chi connectivity index (χ2n) is 3.87. The van der Waals surface area contributed by atoms with Crippen LogP contribution in [-0.2, 0) is 9.59 Å². The zero-order valence-electron chi connectivity index (χ0n) is 7.17. The minimum absolute atomic E-state index is 0.157. The standard InChI is InChI=1S/C10H12O3/c11-4-8-6-1-2-7(3-6)10(8)9(13)5-12/h1-2,4-10,13H,3H2/t6-,7+,8-,9-,10+/m1/s1. The number of hydrogen-bond donors (Lipinski definition) is 1. The molecule has 2 aliphatic rings. The Morgan fingerprint density at radius 1 is 1.31 bits per heavy atom. The first-order valence-electron chi connectivity index (χ1n) is 4.55. The minimum Gasteiger partial charge on any atom is -0.385 e. The summed E-state index contributed by atoms with van der Waals surface area (Å²) in [4.78, 5) is 21.2. The van der Waals surface area contributed by atoms with Gasteiger partial charge >= 0.3 is 0 Å². The van der Waals surface area contributed by atoms with Crippen LogP contribution in [0.25, 0.3) is 0 Å². The summed E-state index contributed by atoms with van der Waals surface area (Å²) in [7, 11) is 0. The molecule has 1 saturated carbocycles. The lowest BCUT2D eigenvalue weighted by Gasteiger charge is -2.25. The smallest absolute Gasteiger partial charge is 0.148 e. The lowest BCUT2D eigenvalue weighted by Crippen LogP contribution is -2.32. The molecule has 1 fully saturated rings. The van der Waals surface area contributed by atoms with Crippen LogP contribution < -0.4 is 0 Å². The first-order valence-corrected chi connectivity index (χ1v) is 4.55. The number of aliphatic hydroxyl groups excluding tert-OH is 1. The molecule has 3 nitrogen and oxygen atoms in total. The second kappa shape index (κ2) is 3.07. The Labute approximate surface area is 76.4 Å². The van der Waals surface area contributed by atoms with E-state index in [2.05, 4.69) is 0 Å². The fourth-order valence-corrected chi connectivity index (χ4v) is 2.66. The third-order valence-electron chi connectivity index (χ3n) is 3.27. The molecule has 70 valence electrons. The van der Waals surface area contributed by atoms with E-state index in [4.69, 9.17) is 0 Å². The van der Waals surface area contributed by atoms with Gasteiger partial charge in [0, 0.05) is 11.8 Å². The number of aldehydes is 2. The molecular weight excluding hydrogens is 168 g/mol. The van der Waals surface area contributed by atoms with Crippen LogP contribution in [-0.4, -0.2) is 23.8 Å². The predicted octanol–water partition coefficient (Wildman–Crippen LogP) is 0.183. The Bertz CT molecular complexity index is 259. The van der Waals surface area contributed by atoms with E-state index in [1.807, 2.05) is 12.2 Å². The van der Waals surface area contributed by atoms with Crippen LogP contribution in [0, 0.1) is 23.7 Å². The highest BCUT2D eigenvalue weighted by Crippen LogP contribution is 2.48. The number of carbonyl (C=O) groups is 2. The monoisotopic (exact) mass is 180 g/mol. The lowest BCUT2D eigenvalue weighted by atomic mass is 9.81. The van der Waals surface area contributed by atoms with E-state index in [9.17, 15) is 14.7 Å². The highest BCUT2D eigenvalue weighted by atomic mass is 16.3. The van der Waals surface area contributed by atoms with Crippen LogP contribution in [0.1, 0.15) is 6.42 Å². The molecule has 0 aromatic rings. The van der Waals surface area contributed by atoms with Gasteiger partial charge in [-0.15, -0.1) is 0 Å². The SMILES string of the molecule is O=C[C@H]1[C@@H]([C@H](O)C=O)[C@H]2C=C[C@@H]1C2. The molecule has 13 heavy (non-hydrogen) atoms. The van der Waals surface area contributed by atoms with Crippen molar-refractivity contribution in [2.45, 2.75) is 12.5 Å². The number of rotatable bonds is 3. The number of carbonyl (C=O) groups excluding carboxylic acids is 2. The molecule has 3 heteroatoms. The number of hydrogen-bond acceptors (Lipinski definition) is 3. The van der Waals surface area contributed by atoms with Gasteiger partial charge in [0.2, 0.25) is 0 Å². The Morgan fingerprint density at radius 2 is 2.00 bits per heavy atom. The van der Waals surface area contributed by atoms with Gasteiger partial charge < -0.3 is 14.7 Å². The molecule has 5 atom stereocenters. The van der Waals surface area contributed by atoms with E-state index in [-0.39, 0.29) is 23.7 Å². The van der Waals surface area contributed by atoms with Gasteiger partial charge in [0.25, 0.3) is 0 Å². The topological polar surface area (TPSA) is 54.4 Å². The highest BCUT2D eigenvalue weighted by molar-refractivity contribution is 5.63. The van der Waals surface area contributed by atoms with Crippen molar-refractivity contribution in [3.05, 3.63) is 12.2 Å². The van der Waals surface area contributed by atoms with Gasteiger partial charge in [-0.05, 0) is 18.3 Å². The fraction of sp³-hybridized carbons (Fsp3) is 0.600. The van der Waals surface area contributed by atoms with Crippen LogP contribution in [0.3, 0.4) is 0 Å². The van der Waals surface area contributed by atoms with Crippen LogP contribution >= 0.6 is 0 Å². The van der Waals surface area contributed by atoms with E-state index in [1.165, 1.54) is 0 Å². The Hall–Kier alpha value is -0.960. The summed E-state index contributed by atoms with van der Waals surface area (Å²) >= 11 is 0. The van der Waals surface area contributed by atoms with E-state index in [1.54, 1.807) is 0 Å². The van der Waals surface area contributed by atoms with Gasteiger partial charge in [-0.2, -0.15) is 0 Å². The molecule has 2 aliphatic carbocycles. The van der Waals surface area contributed by atoms with Gasteiger partial charge in [-0.25, -0.2) is 0 Å². The summed E-state index contributed by atoms with van der Waals surface area (Å²) in [5.74, 6) is 0.141. The summed E-state index contributed by atoms with van der Waals surface area (Å²) in [6, 6.07) is 0. The number of allylic oxidation sites excluding steroid dienone is 2. The summed E-state index contributed by atoms with van der Waals surface area (Å²) < 4.78 is 0. The summed E-state index contributed by atoms with van der Waals surface area (Å²) in [5, 5.41) is 9.42. The van der Waals surface area contributed by atoms with Crippen LogP contribution in [0.4, 0.5) is 0 Å². The summed E-state index contributed by atoms with van der Waals surface area (Å²) in [6.07, 6.45) is 5.40. The van der Waals surface area contributed by atoms with Crippen molar-refractivity contribution in [1.29, 1.82) is 0 Å². The van der Waals surface area contributed by atoms with Gasteiger partial charge in [0.15, 0.2) is 0 Å². The largest absolute Gasteiger partial charge is 0.385 e. The van der Waals surface area contributed by atoms with Gasteiger partial charge in [-0.1, -0.05) is 12.2 Å². The highest BCUT2D eigenvalue weighted by Gasteiger charge is 2.47. The van der Waals surface area contributed by atoms with E-state index >= 15 is 0 Å². The Kier molecular flexibility index (Phi) is 2.04.